The Morgan fingerprint density at radius 2 is 1.91 bits per heavy atom. The summed E-state index contributed by atoms with van der Waals surface area (Å²) in [4.78, 5) is 24.8. The first-order valence-corrected chi connectivity index (χ1v) is 10.9. The molecule has 8 heteroatoms. The molecule has 0 spiro atoms. The van der Waals surface area contributed by atoms with Crippen LogP contribution in [-0.2, 0) is 5.41 Å². The smallest absolute Gasteiger partial charge is 0.343 e. The van der Waals surface area contributed by atoms with Crippen molar-refractivity contribution in [3.63, 3.8) is 0 Å². The lowest BCUT2D eigenvalue weighted by Crippen LogP contribution is -2.42. The summed E-state index contributed by atoms with van der Waals surface area (Å²) in [5, 5.41) is 21.0. The molecule has 2 atom stereocenters. The normalized spacial score (nSPS) is 22.4. The number of carboxylic acids is 1. The molecule has 174 valence electrons. The van der Waals surface area contributed by atoms with Crippen LogP contribution in [0.3, 0.4) is 0 Å². The fraction of sp³-hybridized carbons (Fsp3) is 0.400. The maximum Gasteiger partial charge on any atom is 0.343 e. The number of hydrogen-bond donors (Lipinski definition) is 1. The first kappa shape index (κ1) is 22.8. The van der Waals surface area contributed by atoms with E-state index in [0.717, 1.165) is 36.9 Å². The number of rotatable bonds is 6. The van der Waals surface area contributed by atoms with Crippen molar-refractivity contribution in [1.82, 2.24) is 4.90 Å². The topological polar surface area (TPSA) is 102 Å². The average molecular weight is 453 g/mol. The second-order valence-corrected chi connectivity index (χ2v) is 8.79. The highest BCUT2D eigenvalue weighted by molar-refractivity contribution is 5.96. The number of fused-ring (bicyclic) bond motifs is 1. The number of hydrogen-bond acceptors (Lipinski definition) is 6. The first-order valence-electron chi connectivity index (χ1n) is 10.9. The molecule has 1 N–H and O–H groups in total. The maximum atomic E-state index is 11.8. The molecule has 33 heavy (non-hydrogen) atoms. The molecule has 4 rings (SSSR count). The molecule has 0 aromatic heterocycles. The quantitative estimate of drug-likeness (QED) is 0.511. The van der Waals surface area contributed by atoms with E-state index in [1.807, 2.05) is 6.07 Å². The number of nitrogens with zero attached hydrogens (tertiary/aromatic N) is 2. The molecule has 0 unspecified atom stereocenters. The molecule has 1 aliphatic heterocycles. The highest BCUT2D eigenvalue weighted by atomic mass is 16.6. The predicted octanol–water partition coefficient (Wildman–Crippen LogP) is 4.44. The lowest BCUT2D eigenvalue weighted by molar-refractivity contribution is -0.385. The molecule has 1 aliphatic carbocycles. The Morgan fingerprint density at radius 3 is 2.55 bits per heavy atom. The second kappa shape index (κ2) is 8.51. The number of nitro benzene ring substituents is 1. The first-order chi connectivity index (χ1) is 15.7. The number of nitro groups is 1. The molecule has 2 aromatic rings. The summed E-state index contributed by atoms with van der Waals surface area (Å²) in [5.74, 6) is 0.107. The molecular formula is C25H28N2O6. The van der Waals surface area contributed by atoms with Crippen LogP contribution in [0.5, 0.6) is 11.5 Å². The molecule has 0 radical (unpaired) electrons. The number of methoxy groups -OCH3 is 2. The lowest BCUT2D eigenvalue weighted by atomic mass is 9.66. The number of benzene rings is 2. The van der Waals surface area contributed by atoms with Gasteiger partial charge in [0.2, 0.25) is 0 Å². The van der Waals surface area contributed by atoms with Gasteiger partial charge in [-0.2, -0.15) is 0 Å². The van der Waals surface area contributed by atoms with E-state index in [9.17, 15) is 20.0 Å². The Kier molecular flexibility index (Phi) is 5.88. The van der Waals surface area contributed by atoms with Crippen molar-refractivity contribution in [3.8, 4) is 11.5 Å². The molecule has 0 saturated carbocycles. The SMILES string of the molecule is COc1ccc([C@@]23CCC(c4ccc([N+](=O)[O-])c(C(=O)O)c4C)=C[C@@H]2N(C)CC3)cc1OC. The molecule has 2 aromatic carbocycles. The van der Waals surface area contributed by atoms with Gasteiger partial charge in [-0.05, 0) is 80.2 Å². The van der Waals surface area contributed by atoms with Crippen molar-refractivity contribution in [2.75, 3.05) is 27.8 Å². The Labute approximate surface area is 192 Å². The number of likely N-dealkylation sites (tertiary alicyclic amines) is 1. The van der Waals surface area contributed by atoms with Crippen molar-refractivity contribution >= 4 is 17.2 Å². The zero-order chi connectivity index (χ0) is 23.9. The summed E-state index contributed by atoms with van der Waals surface area (Å²) in [6.45, 7) is 2.59. The van der Waals surface area contributed by atoms with Gasteiger partial charge in [-0.1, -0.05) is 12.1 Å². The summed E-state index contributed by atoms with van der Waals surface area (Å²) in [5.41, 5.74) is 2.70. The average Bonchev–Trinajstić information content (AvgIpc) is 3.14. The summed E-state index contributed by atoms with van der Waals surface area (Å²) < 4.78 is 11.0. The molecule has 0 bridgehead atoms. The van der Waals surface area contributed by atoms with Crippen LogP contribution in [0.4, 0.5) is 5.69 Å². The van der Waals surface area contributed by atoms with E-state index in [2.05, 4.69) is 30.2 Å². The van der Waals surface area contributed by atoms with Gasteiger partial charge in [0.05, 0.1) is 19.1 Å². The highest BCUT2D eigenvalue weighted by Crippen LogP contribution is 2.51. The summed E-state index contributed by atoms with van der Waals surface area (Å²) in [6, 6.07) is 9.21. The van der Waals surface area contributed by atoms with Crippen molar-refractivity contribution in [2.45, 2.75) is 37.6 Å². The minimum absolute atomic E-state index is 0.0951. The number of carbonyl (C=O) groups is 1. The third kappa shape index (κ3) is 3.64. The fourth-order valence-corrected chi connectivity index (χ4v) is 5.57. The van der Waals surface area contributed by atoms with E-state index in [4.69, 9.17) is 9.47 Å². The molecule has 2 aliphatic rings. The van der Waals surface area contributed by atoms with Gasteiger partial charge in [-0.25, -0.2) is 4.79 Å². The molecular weight excluding hydrogens is 424 g/mol. The van der Waals surface area contributed by atoms with Crippen molar-refractivity contribution in [3.05, 3.63) is 68.8 Å². The van der Waals surface area contributed by atoms with Crippen LogP contribution in [0, 0.1) is 17.0 Å². The van der Waals surface area contributed by atoms with Gasteiger partial charge in [0.15, 0.2) is 11.5 Å². The second-order valence-electron chi connectivity index (χ2n) is 8.79. The Balaban J connectivity index is 1.80. The number of carboxylic acid groups (broad SMARTS) is 1. The van der Waals surface area contributed by atoms with Crippen LogP contribution in [0.1, 0.15) is 46.3 Å². The predicted molar refractivity (Wildman–Crippen MR) is 124 cm³/mol. The van der Waals surface area contributed by atoms with Crippen LogP contribution in [0.15, 0.2) is 36.4 Å². The molecule has 1 saturated heterocycles. The minimum atomic E-state index is -1.28. The van der Waals surface area contributed by atoms with Gasteiger partial charge in [0.25, 0.3) is 5.69 Å². The van der Waals surface area contributed by atoms with E-state index in [0.29, 0.717) is 17.1 Å². The third-order valence-electron chi connectivity index (χ3n) is 7.31. The van der Waals surface area contributed by atoms with Crippen LogP contribution >= 0.6 is 0 Å². The van der Waals surface area contributed by atoms with E-state index in [1.54, 1.807) is 27.2 Å². The molecule has 1 heterocycles. The van der Waals surface area contributed by atoms with E-state index < -0.39 is 10.9 Å². The van der Waals surface area contributed by atoms with Crippen LogP contribution in [0.2, 0.25) is 0 Å². The van der Waals surface area contributed by atoms with Crippen molar-refractivity contribution in [2.24, 2.45) is 0 Å². The van der Waals surface area contributed by atoms with Crippen LogP contribution in [0.25, 0.3) is 5.57 Å². The van der Waals surface area contributed by atoms with Crippen LogP contribution in [-0.4, -0.2) is 54.8 Å². The molecule has 1 fully saturated rings. The van der Waals surface area contributed by atoms with Gasteiger partial charge >= 0.3 is 5.97 Å². The third-order valence-corrected chi connectivity index (χ3v) is 7.31. The summed E-state index contributed by atoms with van der Waals surface area (Å²) >= 11 is 0. The Hall–Kier alpha value is -3.39. The van der Waals surface area contributed by atoms with Crippen LogP contribution < -0.4 is 9.47 Å². The largest absolute Gasteiger partial charge is 0.493 e. The van der Waals surface area contributed by atoms with Gasteiger partial charge in [0, 0.05) is 17.5 Å². The monoisotopic (exact) mass is 452 g/mol. The minimum Gasteiger partial charge on any atom is -0.493 e. The molecule has 0 amide bonds. The zero-order valence-electron chi connectivity index (χ0n) is 19.3. The van der Waals surface area contributed by atoms with Crippen molar-refractivity contribution < 1.29 is 24.3 Å². The Bertz CT molecular complexity index is 1160. The maximum absolute atomic E-state index is 11.8. The standard InChI is InChI=1S/C25H28N2O6/c1-15-18(6-7-19(27(30)31)23(15)24(28)29)16-9-10-25(11-12-26(2)22(25)13-16)17-5-8-20(32-3)21(14-17)33-4/h5-8,13-14,22H,9-12H2,1-4H3,(H,28,29)/t22-,25-/m0/s1. The fourth-order valence-electron chi connectivity index (χ4n) is 5.57. The number of likely N-dealkylation sites (N-methyl/N-ethyl adjacent to an activating group) is 1. The molecule has 8 nitrogen and oxygen atoms in total. The Morgan fingerprint density at radius 1 is 1.18 bits per heavy atom. The van der Waals surface area contributed by atoms with E-state index in [-0.39, 0.29) is 22.7 Å². The number of aromatic carboxylic acids is 1. The lowest BCUT2D eigenvalue weighted by Gasteiger charge is -2.41. The van der Waals surface area contributed by atoms with Gasteiger partial charge in [-0.3, -0.25) is 15.0 Å². The number of ether oxygens (including phenoxy) is 2. The van der Waals surface area contributed by atoms with E-state index >= 15 is 0 Å². The van der Waals surface area contributed by atoms with Gasteiger partial charge < -0.3 is 14.6 Å². The summed E-state index contributed by atoms with van der Waals surface area (Å²) in [7, 11) is 5.35. The van der Waals surface area contributed by atoms with Gasteiger partial charge in [-0.15, -0.1) is 0 Å². The summed E-state index contributed by atoms with van der Waals surface area (Å²) in [6.07, 6.45) is 4.83. The van der Waals surface area contributed by atoms with Gasteiger partial charge in [0.1, 0.15) is 5.56 Å². The zero-order valence-corrected chi connectivity index (χ0v) is 19.3. The number of allylic oxidation sites excluding steroid dienone is 1. The van der Waals surface area contributed by atoms with Crippen molar-refractivity contribution in [1.29, 1.82) is 0 Å². The highest BCUT2D eigenvalue weighted by Gasteiger charge is 2.48. The van der Waals surface area contributed by atoms with E-state index in [1.165, 1.54) is 11.6 Å².